The molecule has 3 heteroatoms. The van der Waals surface area contributed by atoms with Gasteiger partial charge < -0.3 is 4.74 Å². The maximum atomic E-state index is 12.6. The van der Waals surface area contributed by atoms with Gasteiger partial charge in [0.15, 0.2) is 0 Å². The molecule has 0 unspecified atom stereocenters. The van der Waals surface area contributed by atoms with E-state index in [2.05, 4.69) is 33.8 Å². The number of rotatable bonds is 5. The molecule has 2 aliphatic rings. The summed E-state index contributed by atoms with van der Waals surface area (Å²) in [6.07, 6.45) is 6.42. The Morgan fingerprint density at radius 3 is 2.46 bits per heavy atom. The molecule has 0 saturated heterocycles. The molecule has 3 atom stereocenters. The lowest BCUT2D eigenvalue weighted by molar-refractivity contribution is -0.133. The smallest absolute Gasteiger partial charge is 0.232 e. The van der Waals surface area contributed by atoms with E-state index < -0.39 is 5.78 Å². The maximum Gasteiger partial charge on any atom is 0.232 e. The number of allylic oxidation sites excluding steroid dienone is 5. The molecule has 0 bridgehead atoms. The third kappa shape index (κ3) is 3.40. The number of Topliss-reactive ketones (excluding diaryl/α,β-unsaturated/α-hetero) is 2. The molecule has 0 amide bonds. The number of ether oxygens (including phenoxy) is 1. The molecule has 0 aromatic carbocycles. The molecule has 0 spiro atoms. The van der Waals surface area contributed by atoms with E-state index in [-0.39, 0.29) is 11.7 Å². The molecule has 132 valence electrons. The van der Waals surface area contributed by atoms with Crippen LogP contribution in [-0.4, -0.2) is 18.7 Å². The van der Waals surface area contributed by atoms with E-state index in [1.54, 1.807) is 14.0 Å². The van der Waals surface area contributed by atoms with E-state index in [0.29, 0.717) is 28.7 Å². The van der Waals surface area contributed by atoms with Gasteiger partial charge in [0.25, 0.3) is 0 Å². The van der Waals surface area contributed by atoms with Crippen LogP contribution in [0.2, 0.25) is 0 Å². The normalized spacial score (nSPS) is 25.6. The first-order valence-corrected chi connectivity index (χ1v) is 9.01. The van der Waals surface area contributed by atoms with Crippen LogP contribution in [-0.2, 0) is 14.3 Å². The summed E-state index contributed by atoms with van der Waals surface area (Å²) in [6, 6.07) is 0. The lowest BCUT2D eigenvalue weighted by atomic mass is 9.67. The van der Waals surface area contributed by atoms with Crippen molar-refractivity contribution >= 4 is 11.6 Å². The minimum absolute atomic E-state index is 0.135. The summed E-state index contributed by atoms with van der Waals surface area (Å²) in [6.45, 7) is 10.3. The Labute approximate surface area is 145 Å². The van der Waals surface area contributed by atoms with E-state index >= 15 is 0 Å². The molecule has 0 N–H and O–H groups in total. The lowest BCUT2D eigenvalue weighted by Gasteiger charge is -2.38. The largest absolute Gasteiger partial charge is 0.496 e. The van der Waals surface area contributed by atoms with Crippen LogP contribution in [0.3, 0.4) is 0 Å². The molecule has 2 aliphatic carbocycles. The predicted octanol–water partition coefficient (Wildman–Crippen LogP) is 4.78. The van der Waals surface area contributed by atoms with Crippen LogP contribution in [0.1, 0.15) is 60.3 Å². The van der Waals surface area contributed by atoms with Crippen molar-refractivity contribution in [1.29, 1.82) is 0 Å². The summed E-state index contributed by atoms with van der Waals surface area (Å²) in [5.41, 5.74) is 3.54. The Bertz CT molecular complexity index is 629. The van der Waals surface area contributed by atoms with Gasteiger partial charge in [-0.2, -0.15) is 0 Å². The highest BCUT2D eigenvalue weighted by molar-refractivity contribution is 6.50. The Morgan fingerprint density at radius 1 is 1.21 bits per heavy atom. The van der Waals surface area contributed by atoms with Crippen molar-refractivity contribution in [2.75, 3.05) is 7.11 Å². The topological polar surface area (TPSA) is 43.4 Å². The van der Waals surface area contributed by atoms with Gasteiger partial charge in [-0.25, -0.2) is 0 Å². The van der Waals surface area contributed by atoms with E-state index in [9.17, 15) is 9.59 Å². The highest BCUT2D eigenvalue weighted by atomic mass is 16.5. The Morgan fingerprint density at radius 2 is 1.88 bits per heavy atom. The second-order valence-electron chi connectivity index (χ2n) is 7.56. The number of methoxy groups -OCH3 is 1. The fraction of sp³-hybridized carbons (Fsp3) is 0.619. The first kappa shape index (κ1) is 18.7. The van der Waals surface area contributed by atoms with Gasteiger partial charge in [0.1, 0.15) is 5.76 Å². The van der Waals surface area contributed by atoms with Crippen LogP contribution in [0.15, 0.2) is 34.1 Å². The standard InChI is InChI=1S/C21H30O3/c1-12(2)8-7-9-13(3)16-11-10-14(4)17-18(16)21(24-6)15(5)19(22)20(17)23/h8,13-14,16H,7,9-11H2,1-6H3/t13-,14-,16+/m0/s1. The quantitative estimate of drug-likeness (QED) is 0.414. The third-order valence-corrected chi connectivity index (χ3v) is 5.51. The lowest BCUT2D eigenvalue weighted by Crippen LogP contribution is -2.35. The molecular formula is C21H30O3. The molecule has 0 radical (unpaired) electrons. The van der Waals surface area contributed by atoms with Crippen molar-refractivity contribution in [3.8, 4) is 0 Å². The van der Waals surface area contributed by atoms with Crippen molar-refractivity contribution in [2.24, 2.45) is 17.8 Å². The zero-order valence-corrected chi connectivity index (χ0v) is 15.9. The van der Waals surface area contributed by atoms with Gasteiger partial charge in [0.05, 0.1) is 7.11 Å². The van der Waals surface area contributed by atoms with Crippen molar-refractivity contribution in [3.05, 3.63) is 34.1 Å². The monoisotopic (exact) mass is 330 g/mol. The van der Waals surface area contributed by atoms with Gasteiger partial charge in [0, 0.05) is 16.7 Å². The van der Waals surface area contributed by atoms with E-state index in [1.165, 1.54) is 5.57 Å². The van der Waals surface area contributed by atoms with Crippen molar-refractivity contribution in [3.63, 3.8) is 0 Å². The van der Waals surface area contributed by atoms with Crippen molar-refractivity contribution < 1.29 is 14.3 Å². The molecule has 0 saturated carbocycles. The van der Waals surface area contributed by atoms with Crippen molar-refractivity contribution in [2.45, 2.75) is 60.3 Å². The Kier molecular flexibility index (Phi) is 5.84. The molecule has 0 heterocycles. The maximum absolute atomic E-state index is 12.6. The van der Waals surface area contributed by atoms with Gasteiger partial charge in [-0.05, 0) is 64.2 Å². The molecule has 0 aliphatic heterocycles. The van der Waals surface area contributed by atoms with Crippen LogP contribution in [0.4, 0.5) is 0 Å². The molecule has 3 nitrogen and oxygen atoms in total. The summed E-state index contributed by atoms with van der Waals surface area (Å²) in [5.74, 6) is 0.837. The van der Waals surface area contributed by atoms with Crippen molar-refractivity contribution in [1.82, 2.24) is 0 Å². The molecule has 0 fully saturated rings. The van der Waals surface area contributed by atoms with Crippen LogP contribution in [0.25, 0.3) is 0 Å². The van der Waals surface area contributed by atoms with E-state index in [4.69, 9.17) is 4.74 Å². The fourth-order valence-corrected chi connectivity index (χ4v) is 4.09. The molecule has 2 rings (SSSR count). The number of hydrogen-bond donors (Lipinski definition) is 0. The number of carbonyl (C=O) groups excluding carboxylic acids is 2. The van der Waals surface area contributed by atoms with Gasteiger partial charge in [-0.3, -0.25) is 9.59 Å². The van der Waals surface area contributed by atoms with Gasteiger partial charge in [0.2, 0.25) is 11.6 Å². The summed E-state index contributed by atoms with van der Waals surface area (Å²) < 4.78 is 5.60. The number of carbonyl (C=O) groups is 2. The van der Waals surface area contributed by atoms with Gasteiger partial charge >= 0.3 is 0 Å². The fourth-order valence-electron chi connectivity index (χ4n) is 4.09. The van der Waals surface area contributed by atoms with Crippen LogP contribution in [0, 0.1) is 17.8 Å². The summed E-state index contributed by atoms with van der Waals surface area (Å²) in [4.78, 5) is 24.9. The number of hydrogen-bond acceptors (Lipinski definition) is 3. The minimum Gasteiger partial charge on any atom is -0.496 e. The van der Waals surface area contributed by atoms with Crippen LogP contribution < -0.4 is 0 Å². The highest BCUT2D eigenvalue weighted by Gasteiger charge is 2.42. The average Bonchev–Trinajstić information content (AvgIpc) is 2.52. The predicted molar refractivity (Wildman–Crippen MR) is 96.5 cm³/mol. The summed E-state index contributed by atoms with van der Waals surface area (Å²) >= 11 is 0. The average molecular weight is 330 g/mol. The van der Waals surface area contributed by atoms with Crippen LogP contribution >= 0.6 is 0 Å². The van der Waals surface area contributed by atoms with Crippen LogP contribution in [0.5, 0.6) is 0 Å². The Hall–Kier alpha value is -1.64. The molecule has 0 aromatic rings. The van der Waals surface area contributed by atoms with Gasteiger partial charge in [-0.1, -0.05) is 25.5 Å². The van der Waals surface area contributed by atoms with Gasteiger partial charge in [-0.15, -0.1) is 0 Å². The van der Waals surface area contributed by atoms with E-state index in [1.807, 2.05) is 0 Å². The summed E-state index contributed by atoms with van der Waals surface area (Å²) in [7, 11) is 1.61. The first-order chi connectivity index (χ1) is 11.3. The highest BCUT2D eigenvalue weighted by Crippen LogP contribution is 2.46. The first-order valence-electron chi connectivity index (χ1n) is 9.01. The number of ketones is 2. The second kappa shape index (κ2) is 7.50. The zero-order valence-electron chi connectivity index (χ0n) is 15.9. The molecule has 0 aromatic heterocycles. The Balaban J connectivity index is 2.41. The third-order valence-electron chi connectivity index (χ3n) is 5.51. The summed E-state index contributed by atoms with van der Waals surface area (Å²) in [5, 5.41) is 0. The second-order valence-corrected chi connectivity index (χ2v) is 7.56. The van der Waals surface area contributed by atoms with E-state index in [0.717, 1.165) is 31.3 Å². The SMILES string of the molecule is COC1=C(C)C(=O)C(=O)C2=C1[C@@H]([C@@H](C)CCC=C(C)C)CC[C@@H]2C. The molecular weight excluding hydrogens is 300 g/mol. The molecule has 24 heavy (non-hydrogen) atoms. The minimum atomic E-state index is -0.393. The zero-order chi connectivity index (χ0) is 18.0.